The fourth-order valence-corrected chi connectivity index (χ4v) is 3.05. The van der Waals surface area contributed by atoms with Crippen LogP contribution in [-0.4, -0.2) is 23.3 Å². The summed E-state index contributed by atoms with van der Waals surface area (Å²) in [5.74, 6) is 0.494. The summed E-state index contributed by atoms with van der Waals surface area (Å²) in [5, 5.41) is 9.15. The highest BCUT2D eigenvalue weighted by Gasteiger charge is 2.42. The van der Waals surface area contributed by atoms with Crippen molar-refractivity contribution in [2.45, 2.75) is 51.2 Å². The zero-order valence-electron chi connectivity index (χ0n) is 9.82. The van der Waals surface area contributed by atoms with Gasteiger partial charge in [0.1, 0.15) is 12.2 Å². The summed E-state index contributed by atoms with van der Waals surface area (Å²) >= 11 is 0. The minimum absolute atomic E-state index is 0.0418. The molecule has 0 bridgehead atoms. The van der Waals surface area contributed by atoms with E-state index >= 15 is 0 Å². The summed E-state index contributed by atoms with van der Waals surface area (Å²) in [6.45, 7) is 5.54. The molecule has 0 heterocycles. The molecule has 0 amide bonds. The number of carbonyl (C=O) groups excluding carboxylic acids is 1. The molecule has 0 aliphatic heterocycles. The van der Waals surface area contributed by atoms with Crippen LogP contribution in [0.4, 0.5) is 0 Å². The van der Waals surface area contributed by atoms with Gasteiger partial charge >= 0.3 is 5.97 Å². The second kappa shape index (κ2) is 4.58. The lowest BCUT2D eigenvalue weighted by Crippen LogP contribution is -2.31. The van der Waals surface area contributed by atoms with Gasteiger partial charge in [-0.15, -0.1) is 0 Å². The zero-order chi connectivity index (χ0) is 11.7. The third-order valence-electron chi connectivity index (χ3n) is 3.89. The van der Waals surface area contributed by atoms with Crippen molar-refractivity contribution >= 4 is 5.97 Å². The first-order valence-electron chi connectivity index (χ1n) is 6.16. The van der Waals surface area contributed by atoms with Gasteiger partial charge in [0.25, 0.3) is 0 Å². The largest absolute Gasteiger partial charge is 0.460 e. The van der Waals surface area contributed by atoms with Crippen LogP contribution in [0.3, 0.4) is 0 Å². The number of rotatable bonds is 2. The molecule has 0 aromatic rings. The van der Waals surface area contributed by atoms with Crippen LogP contribution in [0.2, 0.25) is 0 Å². The Morgan fingerprint density at radius 1 is 1.50 bits per heavy atom. The first-order chi connectivity index (χ1) is 7.59. The first-order valence-corrected chi connectivity index (χ1v) is 6.16. The molecule has 0 saturated heterocycles. The molecule has 1 N–H and O–H groups in total. The van der Waals surface area contributed by atoms with E-state index in [2.05, 4.69) is 6.58 Å². The quantitative estimate of drug-likeness (QED) is 0.577. The number of hydrogen-bond acceptors (Lipinski definition) is 3. The number of esters is 1. The van der Waals surface area contributed by atoms with Gasteiger partial charge in [-0.3, -0.25) is 0 Å². The fourth-order valence-electron chi connectivity index (χ4n) is 3.05. The Hall–Kier alpha value is -0.830. The van der Waals surface area contributed by atoms with E-state index in [1.807, 2.05) is 0 Å². The third kappa shape index (κ3) is 2.14. The van der Waals surface area contributed by atoms with Crippen molar-refractivity contribution in [1.29, 1.82) is 0 Å². The molecule has 0 aromatic heterocycles. The van der Waals surface area contributed by atoms with Crippen molar-refractivity contribution in [3.05, 3.63) is 12.2 Å². The van der Waals surface area contributed by atoms with Crippen LogP contribution in [0.1, 0.15) is 39.0 Å². The average molecular weight is 224 g/mol. The molecule has 2 saturated carbocycles. The Kier molecular flexibility index (Phi) is 3.33. The highest BCUT2D eigenvalue weighted by Crippen LogP contribution is 2.46. The summed E-state index contributed by atoms with van der Waals surface area (Å²) < 4.78 is 5.36. The van der Waals surface area contributed by atoms with E-state index in [4.69, 9.17) is 9.84 Å². The highest BCUT2D eigenvalue weighted by atomic mass is 16.6. The molecule has 0 spiro atoms. The molecule has 2 aliphatic carbocycles. The molecule has 0 unspecified atom stereocenters. The van der Waals surface area contributed by atoms with Crippen molar-refractivity contribution in [2.24, 2.45) is 11.8 Å². The molecular weight excluding hydrogens is 204 g/mol. The molecule has 3 nitrogen and oxygen atoms in total. The molecule has 4 atom stereocenters. The van der Waals surface area contributed by atoms with Crippen molar-refractivity contribution in [2.75, 3.05) is 0 Å². The maximum Gasteiger partial charge on any atom is 0.334 e. The van der Waals surface area contributed by atoms with Crippen LogP contribution in [0.5, 0.6) is 0 Å². The Labute approximate surface area is 96.5 Å². The van der Waals surface area contributed by atoms with Gasteiger partial charge in [-0.25, -0.2) is 4.79 Å². The standard InChI is InChI=1S/C13H20O3/c1-8-7-12(16-13(15)9(2)14)11-6-4-3-5-10(8)11/h9-12,14H,1,3-7H2,2H3/t9-,10-,11-,12-/m0/s1. The molecule has 3 heteroatoms. The maximum atomic E-state index is 11.4. The normalized spacial score (nSPS) is 35.6. The predicted molar refractivity (Wildman–Crippen MR) is 60.8 cm³/mol. The lowest BCUT2D eigenvalue weighted by molar-refractivity contribution is -0.160. The van der Waals surface area contributed by atoms with Gasteiger partial charge in [-0.1, -0.05) is 25.0 Å². The van der Waals surface area contributed by atoms with Crippen molar-refractivity contribution in [3.63, 3.8) is 0 Å². The number of carbonyl (C=O) groups is 1. The second-order valence-corrected chi connectivity index (χ2v) is 5.07. The summed E-state index contributed by atoms with van der Waals surface area (Å²) in [5.41, 5.74) is 1.23. The molecule has 2 fully saturated rings. The average Bonchev–Trinajstić information content (AvgIpc) is 2.57. The Morgan fingerprint density at radius 3 is 2.88 bits per heavy atom. The minimum Gasteiger partial charge on any atom is -0.460 e. The van der Waals surface area contributed by atoms with Gasteiger partial charge < -0.3 is 9.84 Å². The number of aliphatic hydroxyl groups excluding tert-OH is 1. The van der Waals surface area contributed by atoms with Crippen LogP contribution < -0.4 is 0 Å². The van der Waals surface area contributed by atoms with Gasteiger partial charge in [0, 0.05) is 12.3 Å². The monoisotopic (exact) mass is 224 g/mol. The van der Waals surface area contributed by atoms with E-state index in [-0.39, 0.29) is 6.10 Å². The Morgan fingerprint density at radius 2 is 2.19 bits per heavy atom. The van der Waals surface area contributed by atoms with Crippen LogP contribution >= 0.6 is 0 Å². The topological polar surface area (TPSA) is 46.5 Å². The number of aliphatic hydroxyl groups is 1. The van der Waals surface area contributed by atoms with Crippen molar-refractivity contribution < 1.29 is 14.6 Å². The van der Waals surface area contributed by atoms with Crippen molar-refractivity contribution in [3.8, 4) is 0 Å². The van der Waals surface area contributed by atoms with Gasteiger partial charge in [0.2, 0.25) is 0 Å². The summed E-state index contributed by atoms with van der Waals surface area (Å²) in [4.78, 5) is 11.4. The van der Waals surface area contributed by atoms with E-state index in [1.54, 1.807) is 0 Å². The molecule has 90 valence electrons. The highest BCUT2D eigenvalue weighted by molar-refractivity contribution is 5.74. The summed E-state index contributed by atoms with van der Waals surface area (Å²) in [6, 6.07) is 0. The zero-order valence-corrected chi connectivity index (χ0v) is 9.82. The molecule has 16 heavy (non-hydrogen) atoms. The smallest absolute Gasteiger partial charge is 0.334 e. The fraction of sp³-hybridized carbons (Fsp3) is 0.769. The lowest BCUT2D eigenvalue weighted by atomic mass is 9.80. The van der Waals surface area contributed by atoms with E-state index in [1.165, 1.54) is 31.8 Å². The lowest BCUT2D eigenvalue weighted by Gasteiger charge is -2.29. The molecule has 2 aliphatic rings. The predicted octanol–water partition coefficient (Wildman–Crippen LogP) is 2.05. The van der Waals surface area contributed by atoms with Crippen LogP contribution in [0, 0.1) is 11.8 Å². The molecule has 0 aromatic carbocycles. The van der Waals surface area contributed by atoms with E-state index in [0.29, 0.717) is 11.8 Å². The minimum atomic E-state index is -1.02. The molecular formula is C13H20O3. The van der Waals surface area contributed by atoms with Gasteiger partial charge in [0.05, 0.1) is 0 Å². The first kappa shape index (κ1) is 11.6. The third-order valence-corrected chi connectivity index (χ3v) is 3.89. The Bertz CT molecular complexity index is 296. The molecule has 0 radical (unpaired) electrons. The van der Waals surface area contributed by atoms with E-state index < -0.39 is 12.1 Å². The van der Waals surface area contributed by atoms with Crippen molar-refractivity contribution in [1.82, 2.24) is 0 Å². The maximum absolute atomic E-state index is 11.4. The van der Waals surface area contributed by atoms with Gasteiger partial charge in [-0.05, 0) is 25.7 Å². The number of ether oxygens (including phenoxy) is 1. The number of hydrogen-bond donors (Lipinski definition) is 1. The van der Waals surface area contributed by atoms with Crippen LogP contribution in [0.25, 0.3) is 0 Å². The second-order valence-electron chi connectivity index (χ2n) is 5.07. The number of fused-ring (bicyclic) bond motifs is 1. The summed E-state index contributed by atoms with van der Waals surface area (Å²) in [6.07, 6.45) is 4.52. The van der Waals surface area contributed by atoms with E-state index in [9.17, 15) is 4.79 Å². The molecule has 2 rings (SSSR count). The van der Waals surface area contributed by atoms with E-state index in [0.717, 1.165) is 12.8 Å². The van der Waals surface area contributed by atoms with Crippen LogP contribution in [0.15, 0.2) is 12.2 Å². The van der Waals surface area contributed by atoms with Gasteiger partial charge in [0.15, 0.2) is 0 Å². The summed E-state index contributed by atoms with van der Waals surface area (Å²) in [7, 11) is 0. The Balaban J connectivity index is 2.00. The van der Waals surface area contributed by atoms with Gasteiger partial charge in [-0.2, -0.15) is 0 Å². The van der Waals surface area contributed by atoms with Crippen LogP contribution in [-0.2, 0) is 9.53 Å². The SMILES string of the molecule is C=C1C[C@H](OC(=O)[C@H](C)O)[C@H]2CCCC[C@@H]12.